The summed E-state index contributed by atoms with van der Waals surface area (Å²) < 4.78 is 28.3. The molecule has 3 rings (SSSR count). The van der Waals surface area contributed by atoms with Crippen molar-refractivity contribution in [3.63, 3.8) is 0 Å². The summed E-state index contributed by atoms with van der Waals surface area (Å²) in [6, 6.07) is 0. The molecule has 3 aliphatic rings. The standard InChI is InChI=1S/C12H20O6/c1-10(2)15-6-12(18-10)9(13)8-7(5-14-12)16-11(3,4)17-8/h7-9,13H,5-6H2,1-4H3/t7-,8+,9-,12?/m0/s1. The molecular formula is C12H20O6. The summed E-state index contributed by atoms with van der Waals surface area (Å²) in [6.07, 6.45) is -1.65. The maximum Gasteiger partial charge on any atom is 0.224 e. The Bertz CT molecular complexity index is 352. The molecule has 18 heavy (non-hydrogen) atoms. The van der Waals surface area contributed by atoms with E-state index in [2.05, 4.69) is 0 Å². The average molecular weight is 260 g/mol. The van der Waals surface area contributed by atoms with Gasteiger partial charge in [0.1, 0.15) is 24.9 Å². The lowest BCUT2D eigenvalue weighted by atomic mass is 9.97. The molecule has 104 valence electrons. The van der Waals surface area contributed by atoms with E-state index in [9.17, 15) is 5.11 Å². The lowest BCUT2D eigenvalue weighted by Crippen LogP contribution is -2.61. The fourth-order valence-electron chi connectivity index (χ4n) is 2.78. The molecule has 3 heterocycles. The number of aliphatic hydroxyl groups is 1. The topological polar surface area (TPSA) is 66.4 Å². The van der Waals surface area contributed by atoms with Crippen molar-refractivity contribution < 1.29 is 28.8 Å². The molecular weight excluding hydrogens is 240 g/mol. The van der Waals surface area contributed by atoms with E-state index in [4.69, 9.17) is 23.7 Å². The Hall–Kier alpha value is -0.240. The van der Waals surface area contributed by atoms with Gasteiger partial charge in [0.05, 0.1) is 6.61 Å². The van der Waals surface area contributed by atoms with Crippen LogP contribution in [0.15, 0.2) is 0 Å². The van der Waals surface area contributed by atoms with E-state index in [0.29, 0.717) is 6.61 Å². The molecule has 1 spiro atoms. The highest BCUT2D eigenvalue weighted by Gasteiger charge is 2.62. The van der Waals surface area contributed by atoms with E-state index < -0.39 is 29.6 Å². The highest BCUT2D eigenvalue weighted by Crippen LogP contribution is 2.43. The number of ether oxygens (including phenoxy) is 5. The minimum Gasteiger partial charge on any atom is -0.385 e. The van der Waals surface area contributed by atoms with Crippen LogP contribution in [0.5, 0.6) is 0 Å². The molecule has 0 amide bonds. The third kappa shape index (κ3) is 1.88. The van der Waals surface area contributed by atoms with E-state index >= 15 is 0 Å². The first-order chi connectivity index (χ1) is 8.23. The minimum absolute atomic E-state index is 0.189. The summed E-state index contributed by atoms with van der Waals surface area (Å²) in [5.74, 6) is -2.61. The van der Waals surface area contributed by atoms with Crippen molar-refractivity contribution in [1.82, 2.24) is 0 Å². The molecule has 3 aliphatic heterocycles. The summed E-state index contributed by atoms with van der Waals surface area (Å²) in [6.45, 7) is 7.74. The number of aliphatic hydroxyl groups excluding tert-OH is 1. The SMILES string of the molecule is CC1(C)O[C@@H]2[C@H](COC3(COC(C)(C)O3)[C@H]2O)O1. The molecule has 0 aromatic carbocycles. The van der Waals surface area contributed by atoms with Gasteiger partial charge in [0.25, 0.3) is 0 Å². The molecule has 1 N–H and O–H groups in total. The third-order valence-electron chi connectivity index (χ3n) is 3.51. The van der Waals surface area contributed by atoms with Crippen molar-refractivity contribution in [3.05, 3.63) is 0 Å². The van der Waals surface area contributed by atoms with Gasteiger partial charge in [-0.3, -0.25) is 0 Å². The smallest absolute Gasteiger partial charge is 0.224 e. The summed E-state index contributed by atoms with van der Waals surface area (Å²) in [5, 5.41) is 10.5. The van der Waals surface area contributed by atoms with Crippen molar-refractivity contribution in [2.75, 3.05) is 13.2 Å². The lowest BCUT2D eigenvalue weighted by molar-refractivity contribution is -0.326. The van der Waals surface area contributed by atoms with Gasteiger partial charge < -0.3 is 28.8 Å². The predicted molar refractivity (Wildman–Crippen MR) is 59.6 cm³/mol. The predicted octanol–water partition coefficient (Wildman–Crippen LogP) is 0.377. The lowest BCUT2D eigenvalue weighted by Gasteiger charge is -2.41. The number of hydrogen-bond donors (Lipinski definition) is 1. The van der Waals surface area contributed by atoms with E-state index in [1.807, 2.05) is 13.8 Å². The second-order valence-corrected chi connectivity index (χ2v) is 6.00. The van der Waals surface area contributed by atoms with Crippen LogP contribution >= 0.6 is 0 Å². The first kappa shape index (κ1) is 12.8. The second-order valence-electron chi connectivity index (χ2n) is 6.00. The highest BCUT2D eigenvalue weighted by atomic mass is 16.9. The van der Waals surface area contributed by atoms with Gasteiger partial charge in [0.2, 0.25) is 5.79 Å². The Morgan fingerprint density at radius 2 is 1.72 bits per heavy atom. The molecule has 1 unspecified atom stereocenters. The van der Waals surface area contributed by atoms with Crippen LogP contribution in [0.3, 0.4) is 0 Å². The Kier molecular flexibility index (Phi) is 2.59. The summed E-state index contributed by atoms with van der Waals surface area (Å²) in [4.78, 5) is 0. The quantitative estimate of drug-likeness (QED) is 0.679. The van der Waals surface area contributed by atoms with Crippen molar-refractivity contribution in [2.45, 2.75) is 63.4 Å². The van der Waals surface area contributed by atoms with Gasteiger partial charge in [-0.05, 0) is 27.7 Å². The summed E-state index contributed by atoms with van der Waals surface area (Å²) >= 11 is 0. The van der Waals surface area contributed by atoms with Crippen LogP contribution in [0.2, 0.25) is 0 Å². The molecule has 0 aromatic rings. The monoisotopic (exact) mass is 260 g/mol. The summed E-state index contributed by atoms with van der Waals surface area (Å²) in [7, 11) is 0. The van der Waals surface area contributed by atoms with E-state index in [0.717, 1.165) is 0 Å². The number of hydrogen-bond acceptors (Lipinski definition) is 6. The Morgan fingerprint density at radius 3 is 2.33 bits per heavy atom. The van der Waals surface area contributed by atoms with Crippen LogP contribution < -0.4 is 0 Å². The summed E-state index contributed by atoms with van der Waals surface area (Å²) in [5.41, 5.74) is 0. The van der Waals surface area contributed by atoms with Gasteiger partial charge >= 0.3 is 0 Å². The number of fused-ring (bicyclic) bond motifs is 1. The Morgan fingerprint density at radius 1 is 1.00 bits per heavy atom. The second kappa shape index (κ2) is 3.65. The van der Waals surface area contributed by atoms with Gasteiger partial charge in [-0.15, -0.1) is 0 Å². The van der Waals surface area contributed by atoms with Crippen molar-refractivity contribution in [1.29, 1.82) is 0 Å². The van der Waals surface area contributed by atoms with Gasteiger partial charge in [-0.2, -0.15) is 0 Å². The zero-order valence-corrected chi connectivity index (χ0v) is 11.1. The van der Waals surface area contributed by atoms with Crippen LogP contribution in [0.25, 0.3) is 0 Å². The molecule has 4 atom stereocenters. The molecule has 6 heteroatoms. The van der Waals surface area contributed by atoms with E-state index in [1.54, 1.807) is 13.8 Å². The zero-order chi connectivity index (χ0) is 13.2. The molecule has 0 bridgehead atoms. The first-order valence-electron chi connectivity index (χ1n) is 6.25. The molecule has 3 saturated heterocycles. The van der Waals surface area contributed by atoms with Crippen LogP contribution in [0, 0.1) is 0 Å². The van der Waals surface area contributed by atoms with Crippen LogP contribution in [0.1, 0.15) is 27.7 Å². The Balaban J connectivity index is 1.82. The van der Waals surface area contributed by atoms with Gasteiger partial charge in [-0.1, -0.05) is 0 Å². The molecule has 6 nitrogen and oxygen atoms in total. The minimum atomic E-state index is -1.14. The van der Waals surface area contributed by atoms with Crippen molar-refractivity contribution in [3.8, 4) is 0 Å². The zero-order valence-electron chi connectivity index (χ0n) is 11.1. The molecule has 0 aromatic heterocycles. The van der Waals surface area contributed by atoms with E-state index in [-0.39, 0.29) is 12.7 Å². The fourth-order valence-corrected chi connectivity index (χ4v) is 2.78. The molecule has 0 aliphatic carbocycles. The fraction of sp³-hybridized carbons (Fsp3) is 1.00. The normalized spacial score (nSPS) is 49.5. The molecule has 0 saturated carbocycles. The third-order valence-corrected chi connectivity index (χ3v) is 3.51. The van der Waals surface area contributed by atoms with Crippen LogP contribution in [-0.4, -0.2) is 54.0 Å². The maximum atomic E-state index is 10.5. The molecule has 0 radical (unpaired) electrons. The largest absolute Gasteiger partial charge is 0.385 e. The Labute approximate surface area is 106 Å². The van der Waals surface area contributed by atoms with Gasteiger partial charge in [0, 0.05) is 0 Å². The van der Waals surface area contributed by atoms with E-state index in [1.165, 1.54) is 0 Å². The molecule has 3 fully saturated rings. The highest BCUT2D eigenvalue weighted by molar-refractivity contribution is 5.00. The average Bonchev–Trinajstić information content (AvgIpc) is 2.71. The van der Waals surface area contributed by atoms with Gasteiger partial charge in [-0.25, -0.2) is 0 Å². The van der Waals surface area contributed by atoms with Gasteiger partial charge in [0.15, 0.2) is 11.6 Å². The van der Waals surface area contributed by atoms with Crippen molar-refractivity contribution in [2.24, 2.45) is 0 Å². The maximum absolute atomic E-state index is 10.5. The number of rotatable bonds is 0. The first-order valence-corrected chi connectivity index (χ1v) is 6.25. The van der Waals surface area contributed by atoms with Crippen LogP contribution in [-0.2, 0) is 23.7 Å². The van der Waals surface area contributed by atoms with Crippen LogP contribution in [0.4, 0.5) is 0 Å². The van der Waals surface area contributed by atoms with Crippen molar-refractivity contribution >= 4 is 0 Å².